The molecule has 0 aliphatic carbocycles. The van der Waals surface area contributed by atoms with Crippen LogP contribution in [0.3, 0.4) is 0 Å². The zero-order valence-corrected chi connectivity index (χ0v) is 16.5. The Kier molecular flexibility index (Phi) is 5.74. The molecule has 0 saturated carbocycles. The molecule has 6 nitrogen and oxygen atoms in total. The molecule has 0 bridgehead atoms. The number of H-pyrrole nitrogens is 1. The van der Waals surface area contributed by atoms with Crippen LogP contribution in [-0.2, 0) is 18.3 Å². The Bertz CT molecular complexity index is 1070. The van der Waals surface area contributed by atoms with E-state index in [1.165, 1.54) is 0 Å². The summed E-state index contributed by atoms with van der Waals surface area (Å²) < 4.78 is 5.63. The number of aryl methyl sites for hydroxylation is 2. The number of nitrogens with one attached hydrogen (secondary N) is 1. The molecule has 1 atom stereocenters. The molecule has 0 amide bonds. The second-order valence-electron chi connectivity index (χ2n) is 7.05. The minimum atomic E-state index is -0.752. The maximum absolute atomic E-state index is 12.1. The fourth-order valence-electron chi connectivity index (χ4n) is 3.06. The maximum atomic E-state index is 12.1. The van der Waals surface area contributed by atoms with Crippen molar-refractivity contribution in [3.8, 4) is 12.1 Å². The largest absolute Gasteiger partial charge is 0.463 e. The van der Waals surface area contributed by atoms with Crippen molar-refractivity contribution >= 4 is 10.9 Å². The maximum Gasteiger partial charge on any atom is 0.316 e. The molecule has 0 spiro atoms. The van der Waals surface area contributed by atoms with E-state index < -0.39 is 5.41 Å². The van der Waals surface area contributed by atoms with Crippen molar-refractivity contribution < 1.29 is 4.74 Å². The number of rotatable bonds is 7. The first-order valence-corrected chi connectivity index (χ1v) is 9.50. The molecule has 0 radical (unpaired) electrons. The summed E-state index contributed by atoms with van der Waals surface area (Å²) in [4.78, 5) is 23.4. The lowest BCUT2D eigenvalue weighted by atomic mass is 9.81. The Balaban J connectivity index is 1.78. The molecule has 3 rings (SSSR count). The Morgan fingerprint density at radius 2 is 1.93 bits per heavy atom. The van der Waals surface area contributed by atoms with Gasteiger partial charge in [0, 0.05) is 29.9 Å². The van der Waals surface area contributed by atoms with Gasteiger partial charge in [0.2, 0.25) is 0 Å². The van der Waals surface area contributed by atoms with Gasteiger partial charge >= 0.3 is 6.01 Å². The molecule has 1 N–H and O–H groups in total. The van der Waals surface area contributed by atoms with Crippen molar-refractivity contribution in [2.45, 2.75) is 45.4 Å². The number of nitrogens with zero attached hydrogens (tertiary/aromatic N) is 3. The first-order valence-electron chi connectivity index (χ1n) is 9.50. The van der Waals surface area contributed by atoms with Gasteiger partial charge in [-0.1, -0.05) is 26.0 Å². The van der Waals surface area contributed by atoms with Crippen LogP contribution in [0, 0.1) is 11.3 Å². The highest BCUT2D eigenvalue weighted by atomic mass is 16.5. The van der Waals surface area contributed by atoms with Crippen LogP contribution >= 0.6 is 0 Å². The first-order chi connectivity index (χ1) is 13.5. The molecule has 3 aromatic rings. The van der Waals surface area contributed by atoms with Crippen molar-refractivity contribution in [2.24, 2.45) is 0 Å². The van der Waals surface area contributed by atoms with E-state index in [1.54, 1.807) is 12.4 Å². The minimum Gasteiger partial charge on any atom is -0.463 e. The zero-order chi connectivity index (χ0) is 20.1. The number of aromatic amines is 1. The molecular formula is C22H24N4O2. The molecule has 2 heterocycles. The fraction of sp³-hybridized carbons (Fsp3) is 0.364. The quantitative estimate of drug-likeness (QED) is 0.679. The molecule has 1 unspecified atom stereocenters. The van der Waals surface area contributed by atoms with Crippen LogP contribution in [0.2, 0.25) is 0 Å². The molecule has 1 aromatic carbocycles. The number of benzene rings is 1. The van der Waals surface area contributed by atoms with Gasteiger partial charge in [-0.05, 0) is 48.4 Å². The minimum absolute atomic E-state index is 0.0816. The number of hydrogen-bond donors (Lipinski definition) is 1. The van der Waals surface area contributed by atoms with Gasteiger partial charge in [0.15, 0.2) is 0 Å². The highest BCUT2D eigenvalue weighted by Crippen LogP contribution is 2.29. The molecule has 0 fully saturated rings. The Labute approximate surface area is 164 Å². The Hall–Kier alpha value is -3.20. The van der Waals surface area contributed by atoms with Gasteiger partial charge in [0.05, 0.1) is 18.1 Å². The van der Waals surface area contributed by atoms with Crippen molar-refractivity contribution in [3.63, 3.8) is 0 Å². The Morgan fingerprint density at radius 1 is 1.18 bits per heavy atom. The summed E-state index contributed by atoms with van der Waals surface area (Å²) in [6.07, 6.45) is 5.52. The SMILES string of the molecule is CCc1cnc(OCCC(C)(C#N)c2ccc3cc(CC)c(=O)[nH]c3c2)nc1. The average Bonchev–Trinajstić information content (AvgIpc) is 2.73. The first kappa shape index (κ1) is 19.6. The molecule has 0 saturated heterocycles. The number of pyridine rings is 1. The van der Waals surface area contributed by atoms with E-state index in [0.717, 1.165) is 34.0 Å². The van der Waals surface area contributed by atoms with Crippen molar-refractivity contribution in [1.82, 2.24) is 15.0 Å². The lowest BCUT2D eigenvalue weighted by Gasteiger charge is -2.22. The van der Waals surface area contributed by atoms with Crippen LogP contribution in [0.25, 0.3) is 10.9 Å². The standard InChI is InChI=1S/C22H24N4O2/c1-4-15-12-24-21(25-13-15)28-9-8-22(3,14-23)18-7-6-17-10-16(5-2)20(27)26-19(17)11-18/h6-7,10-13H,4-5,8-9H2,1-3H3,(H,26,27). The summed E-state index contributed by atoms with van der Waals surface area (Å²) in [5.74, 6) is 0. The van der Waals surface area contributed by atoms with E-state index in [9.17, 15) is 10.1 Å². The monoisotopic (exact) mass is 376 g/mol. The van der Waals surface area contributed by atoms with Gasteiger partial charge in [-0.15, -0.1) is 0 Å². The normalized spacial score (nSPS) is 13.1. The summed E-state index contributed by atoms with van der Waals surface area (Å²) >= 11 is 0. The lowest BCUT2D eigenvalue weighted by Crippen LogP contribution is -2.23. The molecule has 6 heteroatoms. The van der Waals surface area contributed by atoms with Crippen molar-refractivity contribution in [2.75, 3.05) is 6.61 Å². The van der Waals surface area contributed by atoms with Crippen LogP contribution in [0.15, 0.2) is 41.5 Å². The fourth-order valence-corrected chi connectivity index (χ4v) is 3.06. The highest BCUT2D eigenvalue weighted by molar-refractivity contribution is 5.80. The lowest BCUT2D eigenvalue weighted by molar-refractivity contribution is 0.264. The molecular weight excluding hydrogens is 352 g/mol. The smallest absolute Gasteiger partial charge is 0.316 e. The predicted molar refractivity (Wildman–Crippen MR) is 108 cm³/mol. The van der Waals surface area contributed by atoms with E-state index >= 15 is 0 Å². The summed E-state index contributed by atoms with van der Waals surface area (Å²) in [5, 5.41) is 10.8. The van der Waals surface area contributed by atoms with E-state index in [4.69, 9.17) is 4.74 Å². The van der Waals surface area contributed by atoms with E-state index in [1.807, 2.05) is 45.0 Å². The van der Waals surface area contributed by atoms with Gasteiger partial charge < -0.3 is 9.72 Å². The number of aromatic nitrogens is 3. The third-order valence-corrected chi connectivity index (χ3v) is 5.11. The second kappa shape index (κ2) is 8.22. The molecule has 2 aromatic heterocycles. The van der Waals surface area contributed by atoms with Crippen molar-refractivity contribution in [1.29, 1.82) is 5.26 Å². The van der Waals surface area contributed by atoms with Gasteiger partial charge in [0.25, 0.3) is 5.56 Å². The number of fused-ring (bicyclic) bond motifs is 1. The number of ether oxygens (including phenoxy) is 1. The summed E-state index contributed by atoms with van der Waals surface area (Å²) in [6, 6.07) is 10.4. The molecule has 144 valence electrons. The summed E-state index contributed by atoms with van der Waals surface area (Å²) in [5.41, 5.74) is 2.55. The number of nitriles is 1. The predicted octanol–water partition coefficient (Wildman–Crippen LogP) is 3.69. The third kappa shape index (κ3) is 4.04. The van der Waals surface area contributed by atoms with E-state index in [0.29, 0.717) is 25.5 Å². The van der Waals surface area contributed by atoms with Gasteiger partial charge in [-0.25, -0.2) is 9.97 Å². The van der Waals surface area contributed by atoms with Crippen LogP contribution in [0.1, 0.15) is 43.9 Å². The second-order valence-corrected chi connectivity index (χ2v) is 7.05. The van der Waals surface area contributed by atoms with Gasteiger partial charge in [-0.3, -0.25) is 4.79 Å². The molecule has 0 aliphatic rings. The topological polar surface area (TPSA) is 91.7 Å². The van der Waals surface area contributed by atoms with Crippen LogP contribution < -0.4 is 10.3 Å². The van der Waals surface area contributed by atoms with Gasteiger partial charge in [-0.2, -0.15) is 5.26 Å². The van der Waals surface area contributed by atoms with E-state index in [2.05, 4.69) is 21.0 Å². The van der Waals surface area contributed by atoms with Crippen LogP contribution in [0.5, 0.6) is 6.01 Å². The molecule has 0 aliphatic heterocycles. The van der Waals surface area contributed by atoms with Crippen LogP contribution in [0.4, 0.5) is 0 Å². The number of hydrogen-bond acceptors (Lipinski definition) is 5. The van der Waals surface area contributed by atoms with Gasteiger partial charge in [0.1, 0.15) is 0 Å². The highest BCUT2D eigenvalue weighted by Gasteiger charge is 2.27. The summed E-state index contributed by atoms with van der Waals surface area (Å²) in [7, 11) is 0. The van der Waals surface area contributed by atoms with E-state index in [-0.39, 0.29) is 5.56 Å². The summed E-state index contributed by atoms with van der Waals surface area (Å²) in [6.45, 7) is 6.18. The Morgan fingerprint density at radius 3 is 2.57 bits per heavy atom. The average molecular weight is 376 g/mol. The molecule has 28 heavy (non-hydrogen) atoms. The third-order valence-electron chi connectivity index (χ3n) is 5.11. The zero-order valence-electron chi connectivity index (χ0n) is 16.5. The van der Waals surface area contributed by atoms with Crippen molar-refractivity contribution in [3.05, 3.63) is 63.7 Å². The van der Waals surface area contributed by atoms with Crippen LogP contribution in [-0.4, -0.2) is 21.6 Å².